The van der Waals surface area contributed by atoms with E-state index in [2.05, 4.69) is 13.8 Å². The number of rotatable bonds is 52. The molecular formula is C53H110NO3P. The lowest BCUT2D eigenvalue weighted by Crippen LogP contribution is -2.24. The molecule has 0 saturated carbocycles. The normalized spacial score (nSPS) is 12.9. The smallest absolute Gasteiger partial charge is 0.312 e. The largest absolute Gasteiger partial charge is 0.405 e. The van der Waals surface area contributed by atoms with Crippen LogP contribution in [0.4, 0.5) is 0 Å². The highest BCUT2D eigenvalue weighted by Gasteiger charge is 2.28. The van der Waals surface area contributed by atoms with Crippen LogP contribution in [0.1, 0.15) is 323 Å². The maximum atomic E-state index is 13.0. The molecule has 0 spiro atoms. The molecule has 1 atom stereocenters. The van der Waals surface area contributed by atoms with Crippen molar-refractivity contribution in [2.75, 3.05) is 19.7 Å². The van der Waals surface area contributed by atoms with Gasteiger partial charge >= 0.3 is 7.75 Å². The summed E-state index contributed by atoms with van der Waals surface area (Å²) in [5.74, 6) is 0. The zero-order valence-corrected chi connectivity index (χ0v) is 41.4. The van der Waals surface area contributed by atoms with Crippen LogP contribution in [0.5, 0.6) is 0 Å². The first-order chi connectivity index (χ1) is 28.6. The van der Waals surface area contributed by atoms with Gasteiger partial charge in [-0.05, 0) is 19.3 Å². The minimum atomic E-state index is -3.68. The van der Waals surface area contributed by atoms with Gasteiger partial charge in [-0.3, -0.25) is 4.52 Å². The molecule has 0 fully saturated rings. The van der Waals surface area contributed by atoms with Gasteiger partial charge in [0.05, 0.1) is 6.61 Å². The molecule has 0 aromatic carbocycles. The van der Waals surface area contributed by atoms with Crippen LogP contribution in [0, 0.1) is 0 Å². The van der Waals surface area contributed by atoms with Crippen LogP contribution in [0.2, 0.25) is 0 Å². The van der Waals surface area contributed by atoms with E-state index in [0.717, 1.165) is 32.1 Å². The van der Waals surface area contributed by atoms with Crippen molar-refractivity contribution in [3.63, 3.8) is 0 Å². The van der Waals surface area contributed by atoms with Gasteiger partial charge in [0.15, 0.2) is 0 Å². The minimum absolute atomic E-state index is 0.364. The molecule has 0 aliphatic carbocycles. The molecule has 1 unspecified atom stereocenters. The Bertz CT molecular complexity index is 743. The molecule has 0 bridgehead atoms. The molecule has 0 aromatic rings. The van der Waals surface area contributed by atoms with Gasteiger partial charge in [0.25, 0.3) is 0 Å². The maximum absolute atomic E-state index is 13.0. The second-order valence-electron chi connectivity index (χ2n) is 18.8. The van der Waals surface area contributed by atoms with E-state index < -0.39 is 7.75 Å². The summed E-state index contributed by atoms with van der Waals surface area (Å²) >= 11 is 0. The van der Waals surface area contributed by atoms with E-state index in [1.54, 1.807) is 4.67 Å². The van der Waals surface area contributed by atoms with E-state index in [1.165, 1.54) is 270 Å². The molecule has 1 N–H and O–H groups in total. The van der Waals surface area contributed by atoms with Crippen LogP contribution >= 0.6 is 7.75 Å². The average Bonchev–Trinajstić information content (AvgIpc) is 3.22. The van der Waals surface area contributed by atoms with E-state index in [9.17, 15) is 9.46 Å². The highest BCUT2D eigenvalue weighted by molar-refractivity contribution is 7.50. The molecule has 350 valence electrons. The topological polar surface area (TPSA) is 49.8 Å². The van der Waals surface area contributed by atoms with E-state index in [-0.39, 0.29) is 0 Å². The highest BCUT2D eigenvalue weighted by atomic mass is 31.2. The van der Waals surface area contributed by atoms with Crippen molar-refractivity contribution in [1.29, 1.82) is 0 Å². The van der Waals surface area contributed by atoms with Crippen molar-refractivity contribution < 1.29 is 14.0 Å². The summed E-state index contributed by atoms with van der Waals surface area (Å²) in [6, 6.07) is 0. The van der Waals surface area contributed by atoms with E-state index in [0.29, 0.717) is 19.7 Å². The van der Waals surface area contributed by atoms with Crippen LogP contribution in [-0.2, 0) is 9.09 Å². The van der Waals surface area contributed by atoms with Crippen molar-refractivity contribution in [3.05, 3.63) is 0 Å². The maximum Gasteiger partial charge on any atom is 0.405 e. The Kier molecular flexibility index (Phi) is 49.9. The van der Waals surface area contributed by atoms with Gasteiger partial charge < -0.3 is 4.89 Å². The average molecular weight is 840 g/mol. The zero-order valence-electron chi connectivity index (χ0n) is 40.5. The Balaban J connectivity index is 3.65. The molecular weight excluding hydrogens is 730 g/mol. The van der Waals surface area contributed by atoms with E-state index in [4.69, 9.17) is 4.52 Å². The monoisotopic (exact) mass is 840 g/mol. The first-order valence-corrected chi connectivity index (χ1v) is 28.8. The lowest BCUT2D eigenvalue weighted by atomic mass is 10.0. The SMILES string of the molecule is CCCCCCCCCCCCCCCCCCCCCCCCCN(CCCCCCCCCCCCCCCCCCCCCCCCC)P(=O)(O)OCCC. The van der Waals surface area contributed by atoms with E-state index in [1.807, 2.05) is 6.92 Å². The molecule has 5 heteroatoms. The molecule has 0 aromatic heterocycles. The van der Waals surface area contributed by atoms with Crippen molar-refractivity contribution in [1.82, 2.24) is 4.67 Å². The first kappa shape index (κ1) is 58.1. The van der Waals surface area contributed by atoms with E-state index >= 15 is 0 Å². The molecule has 0 rings (SSSR count). The summed E-state index contributed by atoms with van der Waals surface area (Å²) in [7, 11) is -3.68. The van der Waals surface area contributed by atoms with Gasteiger partial charge in [-0.2, -0.15) is 0 Å². The van der Waals surface area contributed by atoms with Gasteiger partial charge in [-0.25, -0.2) is 9.24 Å². The number of hydrogen-bond donors (Lipinski definition) is 1. The van der Waals surface area contributed by atoms with Crippen LogP contribution in [0.3, 0.4) is 0 Å². The number of nitrogens with zero attached hydrogens (tertiary/aromatic N) is 1. The minimum Gasteiger partial charge on any atom is -0.312 e. The van der Waals surface area contributed by atoms with Crippen molar-refractivity contribution in [2.24, 2.45) is 0 Å². The lowest BCUT2D eigenvalue weighted by molar-refractivity contribution is 0.197. The number of unbranched alkanes of at least 4 members (excludes halogenated alkanes) is 44. The van der Waals surface area contributed by atoms with Gasteiger partial charge in [-0.1, -0.05) is 303 Å². The third kappa shape index (κ3) is 45.6. The Labute approximate surface area is 367 Å². The molecule has 0 radical (unpaired) electrons. The van der Waals surface area contributed by atoms with Crippen molar-refractivity contribution in [3.8, 4) is 0 Å². The predicted molar refractivity (Wildman–Crippen MR) is 261 cm³/mol. The second-order valence-corrected chi connectivity index (χ2v) is 20.6. The summed E-state index contributed by atoms with van der Waals surface area (Å²) in [5.41, 5.74) is 0. The quantitative estimate of drug-likeness (QED) is 0.0490. The van der Waals surface area contributed by atoms with Crippen molar-refractivity contribution >= 4 is 7.75 Å². The first-order valence-electron chi connectivity index (χ1n) is 27.3. The number of hydrogen-bond acceptors (Lipinski definition) is 2. The van der Waals surface area contributed by atoms with Gasteiger partial charge in [0, 0.05) is 13.1 Å². The fraction of sp³-hybridized carbons (Fsp3) is 1.00. The lowest BCUT2D eigenvalue weighted by Gasteiger charge is -2.26. The van der Waals surface area contributed by atoms with Gasteiger partial charge in [0.1, 0.15) is 0 Å². The molecule has 0 amide bonds. The Hall–Kier alpha value is 0.110. The fourth-order valence-corrected chi connectivity index (χ4v) is 10.2. The van der Waals surface area contributed by atoms with Crippen LogP contribution < -0.4 is 0 Å². The zero-order chi connectivity index (χ0) is 42.1. The van der Waals surface area contributed by atoms with Crippen LogP contribution in [0.25, 0.3) is 0 Å². The molecule has 0 aliphatic heterocycles. The molecule has 0 saturated heterocycles. The van der Waals surface area contributed by atoms with Gasteiger partial charge in [-0.15, -0.1) is 0 Å². The summed E-state index contributed by atoms with van der Waals surface area (Å²) in [6.07, 6.45) is 64.6. The second kappa shape index (κ2) is 49.8. The Morgan fingerprint density at radius 2 is 0.466 bits per heavy atom. The highest BCUT2D eigenvalue weighted by Crippen LogP contribution is 2.46. The Morgan fingerprint density at radius 3 is 0.638 bits per heavy atom. The third-order valence-corrected chi connectivity index (χ3v) is 14.5. The molecule has 58 heavy (non-hydrogen) atoms. The standard InChI is InChI=1S/C53H110NO3P/c1-4-7-9-11-13-15-17-19-21-23-25-27-29-31-33-35-37-39-41-43-45-47-49-51-54(58(55,56)57-53-6-3)52-50-48-46-44-42-40-38-36-34-32-30-28-26-24-22-20-18-16-14-12-10-8-5-2/h4-53H2,1-3H3,(H,55,56). The molecule has 4 nitrogen and oxygen atoms in total. The van der Waals surface area contributed by atoms with Crippen LogP contribution in [-0.4, -0.2) is 29.3 Å². The summed E-state index contributed by atoms with van der Waals surface area (Å²) < 4.78 is 20.3. The summed E-state index contributed by atoms with van der Waals surface area (Å²) in [5, 5.41) is 0. The Morgan fingerprint density at radius 1 is 0.293 bits per heavy atom. The molecule has 0 aliphatic rings. The molecule has 0 heterocycles. The van der Waals surface area contributed by atoms with Gasteiger partial charge in [0.2, 0.25) is 0 Å². The fourth-order valence-electron chi connectivity index (χ4n) is 8.82. The predicted octanol–water partition coefficient (Wildman–Crippen LogP) is 19.8. The van der Waals surface area contributed by atoms with Crippen LogP contribution in [0.15, 0.2) is 0 Å². The summed E-state index contributed by atoms with van der Waals surface area (Å²) in [6.45, 7) is 8.35. The summed E-state index contributed by atoms with van der Waals surface area (Å²) in [4.78, 5) is 10.7. The van der Waals surface area contributed by atoms with Crippen molar-refractivity contribution in [2.45, 2.75) is 323 Å². The third-order valence-electron chi connectivity index (χ3n) is 12.9.